The summed E-state index contributed by atoms with van der Waals surface area (Å²) in [5.74, 6) is 0.938. The molecule has 1 fully saturated rings. The summed E-state index contributed by atoms with van der Waals surface area (Å²) in [5, 5.41) is 0. The number of benzene rings is 1. The van der Waals surface area contributed by atoms with E-state index >= 15 is 0 Å². The standard InChI is InChI=1S/C15H23NO5S/c1-4-20-13-11-15(14(21-5-2)10-12(13)3)22(17,18)16-6-8-19-9-7-16/h10-11H,4-9H2,1-3H3. The SMILES string of the molecule is CCOc1cc(S(=O)(=O)N2CCOCC2)c(OCC)cc1C. The van der Waals surface area contributed by atoms with Crippen molar-refractivity contribution in [3.63, 3.8) is 0 Å². The van der Waals surface area contributed by atoms with Gasteiger partial charge in [0.25, 0.3) is 0 Å². The quantitative estimate of drug-likeness (QED) is 0.796. The van der Waals surface area contributed by atoms with Crippen LogP contribution in [0.25, 0.3) is 0 Å². The van der Waals surface area contributed by atoms with Crippen molar-refractivity contribution < 1.29 is 22.6 Å². The zero-order valence-corrected chi connectivity index (χ0v) is 14.1. The minimum absolute atomic E-state index is 0.158. The summed E-state index contributed by atoms with van der Waals surface area (Å²) in [6.07, 6.45) is 0. The summed E-state index contributed by atoms with van der Waals surface area (Å²) < 4.78 is 43.5. The predicted octanol–water partition coefficient (Wildman–Crippen LogP) is 1.81. The van der Waals surface area contributed by atoms with E-state index in [0.717, 1.165) is 5.56 Å². The van der Waals surface area contributed by atoms with Crippen LogP contribution in [0.4, 0.5) is 0 Å². The highest BCUT2D eigenvalue weighted by molar-refractivity contribution is 7.89. The zero-order valence-electron chi connectivity index (χ0n) is 13.3. The van der Waals surface area contributed by atoms with Crippen molar-refractivity contribution in [3.05, 3.63) is 17.7 Å². The van der Waals surface area contributed by atoms with Crippen molar-refractivity contribution in [3.8, 4) is 11.5 Å². The molecular weight excluding hydrogens is 306 g/mol. The van der Waals surface area contributed by atoms with Crippen LogP contribution in [-0.4, -0.2) is 52.2 Å². The number of rotatable bonds is 6. The van der Waals surface area contributed by atoms with Gasteiger partial charge >= 0.3 is 0 Å². The smallest absolute Gasteiger partial charge is 0.247 e. The monoisotopic (exact) mass is 329 g/mol. The van der Waals surface area contributed by atoms with Crippen LogP contribution in [0.5, 0.6) is 11.5 Å². The number of morpholine rings is 1. The molecular formula is C15H23NO5S. The molecule has 1 saturated heterocycles. The molecule has 0 bridgehead atoms. The molecule has 0 unspecified atom stereocenters. The largest absolute Gasteiger partial charge is 0.494 e. The van der Waals surface area contributed by atoms with Gasteiger partial charge in [-0.15, -0.1) is 0 Å². The van der Waals surface area contributed by atoms with Gasteiger partial charge in [0, 0.05) is 19.2 Å². The van der Waals surface area contributed by atoms with Crippen LogP contribution in [0.15, 0.2) is 17.0 Å². The van der Waals surface area contributed by atoms with Gasteiger partial charge in [-0.3, -0.25) is 0 Å². The van der Waals surface area contributed by atoms with Gasteiger partial charge in [-0.05, 0) is 32.4 Å². The fraction of sp³-hybridized carbons (Fsp3) is 0.600. The Balaban J connectivity index is 2.47. The molecule has 0 atom stereocenters. The molecule has 1 aliphatic heterocycles. The van der Waals surface area contributed by atoms with Crippen LogP contribution in [0.3, 0.4) is 0 Å². The summed E-state index contributed by atoms with van der Waals surface area (Å²) in [7, 11) is -3.62. The Morgan fingerprint density at radius 1 is 1.09 bits per heavy atom. The van der Waals surface area contributed by atoms with Crippen molar-refractivity contribution >= 4 is 10.0 Å². The molecule has 22 heavy (non-hydrogen) atoms. The summed E-state index contributed by atoms with van der Waals surface area (Å²) in [6, 6.07) is 3.29. The van der Waals surface area contributed by atoms with E-state index in [1.54, 1.807) is 12.1 Å². The normalized spacial score (nSPS) is 16.5. The number of aryl methyl sites for hydroxylation is 1. The highest BCUT2D eigenvalue weighted by Gasteiger charge is 2.30. The van der Waals surface area contributed by atoms with Crippen LogP contribution < -0.4 is 9.47 Å². The average Bonchev–Trinajstić information content (AvgIpc) is 2.51. The maximum Gasteiger partial charge on any atom is 0.247 e. The minimum atomic E-state index is -3.62. The summed E-state index contributed by atoms with van der Waals surface area (Å²) in [5.41, 5.74) is 0.853. The van der Waals surface area contributed by atoms with Gasteiger partial charge in [-0.1, -0.05) is 0 Å². The zero-order chi connectivity index (χ0) is 16.2. The Morgan fingerprint density at radius 3 is 2.27 bits per heavy atom. The molecule has 1 aromatic carbocycles. The summed E-state index contributed by atoms with van der Waals surface area (Å²) in [6.45, 7) is 7.98. The lowest BCUT2D eigenvalue weighted by atomic mass is 10.2. The van der Waals surface area contributed by atoms with Gasteiger partial charge in [-0.2, -0.15) is 4.31 Å². The molecule has 0 saturated carbocycles. The molecule has 1 heterocycles. The van der Waals surface area contributed by atoms with Gasteiger partial charge in [0.15, 0.2) is 0 Å². The number of nitrogens with zero attached hydrogens (tertiary/aromatic N) is 1. The van der Waals surface area contributed by atoms with E-state index in [1.165, 1.54) is 4.31 Å². The van der Waals surface area contributed by atoms with Crippen molar-refractivity contribution in [2.75, 3.05) is 39.5 Å². The second-order valence-electron chi connectivity index (χ2n) is 4.95. The lowest BCUT2D eigenvalue weighted by Gasteiger charge is -2.27. The fourth-order valence-corrected chi connectivity index (χ4v) is 3.89. The highest BCUT2D eigenvalue weighted by atomic mass is 32.2. The second-order valence-corrected chi connectivity index (χ2v) is 6.85. The Hall–Kier alpha value is -1.31. The van der Waals surface area contributed by atoms with Gasteiger partial charge < -0.3 is 14.2 Å². The third-order valence-corrected chi connectivity index (χ3v) is 5.35. The van der Waals surface area contributed by atoms with E-state index in [4.69, 9.17) is 14.2 Å². The van der Waals surface area contributed by atoms with Crippen LogP contribution in [0.1, 0.15) is 19.4 Å². The summed E-state index contributed by atoms with van der Waals surface area (Å²) >= 11 is 0. The Kier molecular flexibility index (Phi) is 5.66. The molecule has 124 valence electrons. The first kappa shape index (κ1) is 17.1. The number of hydrogen-bond acceptors (Lipinski definition) is 5. The second kappa shape index (κ2) is 7.30. The van der Waals surface area contributed by atoms with Crippen molar-refractivity contribution in [1.82, 2.24) is 4.31 Å². The van der Waals surface area contributed by atoms with E-state index in [9.17, 15) is 8.42 Å². The third kappa shape index (κ3) is 3.53. The third-order valence-electron chi connectivity index (χ3n) is 3.43. The molecule has 0 amide bonds. The Bertz CT molecular complexity index is 609. The molecule has 2 rings (SSSR count). The first-order valence-corrected chi connectivity index (χ1v) is 8.92. The molecule has 0 aromatic heterocycles. The first-order valence-electron chi connectivity index (χ1n) is 7.48. The number of hydrogen-bond donors (Lipinski definition) is 0. The van der Waals surface area contributed by atoms with Gasteiger partial charge in [0.1, 0.15) is 16.4 Å². The van der Waals surface area contributed by atoms with Crippen LogP contribution in [0.2, 0.25) is 0 Å². The fourth-order valence-electron chi connectivity index (χ4n) is 2.35. The number of ether oxygens (including phenoxy) is 3. The minimum Gasteiger partial charge on any atom is -0.494 e. The van der Waals surface area contributed by atoms with Gasteiger partial charge in [-0.25, -0.2) is 8.42 Å². The summed E-state index contributed by atoms with van der Waals surface area (Å²) in [4.78, 5) is 0.158. The topological polar surface area (TPSA) is 65.1 Å². The molecule has 1 aromatic rings. The van der Waals surface area contributed by atoms with Gasteiger partial charge in [0.2, 0.25) is 10.0 Å². The van der Waals surface area contributed by atoms with Crippen molar-refractivity contribution in [2.24, 2.45) is 0 Å². The molecule has 1 aliphatic rings. The van der Waals surface area contributed by atoms with E-state index < -0.39 is 10.0 Å². The molecule has 7 heteroatoms. The number of sulfonamides is 1. The Morgan fingerprint density at radius 2 is 1.68 bits per heavy atom. The lowest BCUT2D eigenvalue weighted by Crippen LogP contribution is -2.40. The van der Waals surface area contributed by atoms with E-state index in [0.29, 0.717) is 51.0 Å². The van der Waals surface area contributed by atoms with E-state index in [-0.39, 0.29) is 4.90 Å². The average molecular weight is 329 g/mol. The van der Waals surface area contributed by atoms with Gasteiger partial charge in [0.05, 0.1) is 26.4 Å². The van der Waals surface area contributed by atoms with Crippen LogP contribution in [0, 0.1) is 6.92 Å². The molecule has 0 aliphatic carbocycles. The van der Waals surface area contributed by atoms with Crippen molar-refractivity contribution in [1.29, 1.82) is 0 Å². The van der Waals surface area contributed by atoms with Crippen LogP contribution in [-0.2, 0) is 14.8 Å². The molecule has 6 nitrogen and oxygen atoms in total. The van der Waals surface area contributed by atoms with Crippen molar-refractivity contribution in [2.45, 2.75) is 25.7 Å². The molecule has 0 spiro atoms. The molecule has 0 radical (unpaired) electrons. The highest BCUT2D eigenvalue weighted by Crippen LogP contribution is 2.34. The lowest BCUT2D eigenvalue weighted by molar-refractivity contribution is 0.0729. The maximum absolute atomic E-state index is 12.9. The Labute approximate surface area is 132 Å². The first-order chi connectivity index (χ1) is 10.5. The predicted molar refractivity (Wildman–Crippen MR) is 83.1 cm³/mol. The molecule has 0 N–H and O–H groups in total. The maximum atomic E-state index is 12.9. The van der Waals surface area contributed by atoms with E-state index in [1.807, 2.05) is 20.8 Å². The van der Waals surface area contributed by atoms with Crippen LogP contribution >= 0.6 is 0 Å². The van der Waals surface area contributed by atoms with E-state index in [2.05, 4.69) is 0 Å².